The van der Waals surface area contributed by atoms with E-state index in [4.69, 9.17) is 4.74 Å². The van der Waals surface area contributed by atoms with Crippen LogP contribution in [0.5, 0.6) is 5.75 Å². The lowest BCUT2D eigenvalue weighted by atomic mass is 10.1. The summed E-state index contributed by atoms with van der Waals surface area (Å²) in [6.07, 6.45) is 6.52. The van der Waals surface area contributed by atoms with Crippen molar-refractivity contribution in [2.45, 2.75) is 45.6 Å². The average Bonchev–Trinajstić information content (AvgIpc) is 2.62. The first-order valence-electron chi connectivity index (χ1n) is 8.86. The lowest BCUT2D eigenvalue weighted by Crippen LogP contribution is -2.23. The highest BCUT2D eigenvalue weighted by Gasteiger charge is 2.08. The number of halogens is 1. The second kappa shape index (κ2) is 10.4. The molecule has 0 spiro atoms. The van der Waals surface area contributed by atoms with Gasteiger partial charge in [0.15, 0.2) is 0 Å². The lowest BCUT2D eigenvalue weighted by Gasteiger charge is -2.25. The van der Waals surface area contributed by atoms with Crippen molar-refractivity contribution in [3.63, 3.8) is 0 Å². The van der Waals surface area contributed by atoms with Crippen LogP contribution >= 0.6 is 15.9 Å². The number of hydrogen-bond acceptors (Lipinski definition) is 2. The molecule has 130 valence electrons. The van der Waals surface area contributed by atoms with Crippen LogP contribution in [-0.4, -0.2) is 13.7 Å². The molecule has 0 aliphatic rings. The smallest absolute Gasteiger partial charge is 0.119 e. The molecule has 0 amide bonds. The van der Waals surface area contributed by atoms with E-state index in [2.05, 4.69) is 64.2 Å². The number of unbranched alkanes of at least 4 members (excludes halogenated alkanes) is 4. The van der Waals surface area contributed by atoms with E-state index in [9.17, 15) is 0 Å². The highest BCUT2D eigenvalue weighted by Crippen LogP contribution is 2.22. The molecule has 0 heterocycles. The van der Waals surface area contributed by atoms with Gasteiger partial charge in [0, 0.05) is 23.2 Å². The standard InChI is InChI=1S/C21H28BrNO/c1-3-4-5-6-7-16-23(17-18-8-10-19(22)11-9-18)20-12-14-21(24-2)15-13-20/h8-15H,3-7,16-17H2,1-2H3. The van der Waals surface area contributed by atoms with Crippen LogP contribution in [0.3, 0.4) is 0 Å². The van der Waals surface area contributed by atoms with Crippen molar-refractivity contribution < 1.29 is 4.74 Å². The van der Waals surface area contributed by atoms with Crippen molar-refractivity contribution >= 4 is 21.6 Å². The quantitative estimate of drug-likeness (QED) is 0.433. The largest absolute Gasteiger partial charge is 0.497 e. The van der Waals surface area contributed by atoms with Gasteiger partial charge < -0.3 is 9.64 Å². The van der Waals surface area contributed by atoms with E-state index in [-0.39, 0.29) is 0 Å². The fraction of sp³-hybridized carbons (Fsp3) is 0.429. The molecule has 0 saturated carbocycles. The Morgan fingerprint density at radius 1 is 0.875 bits per heavy atom. The molecule has 0 unspecified atom stereocenters. The zero-order valence-corrected chi connectivity index (χ0v) is 16.4. The zero-order chi connectivity index (χ0) is 17.2. The van der Waals surface area contributed by atoms with Gasteiger partial charge in [-0.2, -0.15) is 0 Å². The van der Waals surface area contributed by atoms with Crippen LogP contribution in [0.25, 0.3) is 0 Å². The number of nitrogens with zero attached hydrogens (tertiary/aromatic N) is 1. The molecule has 0 aliphatic carbocycles. The molecule has 2 aromatic carbocycles. The van der Waals surface area contributed by atoms with Crippen molar-refractivity contribution in [2.75, 3.05) is 18.6 Å². The van der Waals surface area contributed by atoms with E-state index in [1.807, 2.05) is 12.1 Å². The third-order valence-corrected chi connectivity index (χ3v) is 4.78. The van der Waals surface area contributed by atoms with Crippen LogP contribution in [0.2, 0.25) is 0 Å². The second-order valence-corrected chi connectivity index (χ2v) is 7.08. The topological polar surface area (TPSA) is 12.5 Å². The maximum atomic E-state index is 5.28. The number of hydrogen-bond donors (Lipinski definition) is 0. The van der Waals surface area contributed by atoms with E-state index in [0.717, 1.165) is 23.3 Å². The first kappa shape index (κ1) is 18.9. The Labute approximate surface area is 155 Å². The normalized spacial score (nSPS) is 10.6. The number of methoxy groups -OCH3 is 1. The zero-order valence-electron chi connectivity index (χ0n) is 14.8. The van der Waals surface area contributed by atoms with Crippen molar-refractivity contribution in [2.24, 2.45) is 0 Å². The monoisotopic (exact) mass is 389 g/mol. The highest BCUT2D eigenvalue weighted by molar-refractivity contribution is 9.10. The van der Waals surface area contributed by atoms with Gasteiger partial charge in [0.05, 0.1) is 7.11 Å². The van der Waals surface area contributed by atoms with Crippen LogP contribution < -0.4 is 9.64 Å². The number of rotatable bonds is 10. The number of benzene rings is 2. The van der Waals surface area contributed by atoms with Gasteiger partial charge in [-0.1, -0.05) is 60.7 Å². The van der Waals surface area contributed by atoms with Gasteiger partial charge in [-0.25, -0.2) is 0 Å². The summed E-state index contributed by atoms with van der Waals surface area (Å²) in [6.45, 7) is 4.29. The van der Waals surface area contributed by atoms with Crippen LogP contribution in [0.4, 0.5) is 5.69 Å². The molecule has 0 bridgehead atoms. The molecule has 2 rings (SSSR count). The molecule has 0 aromatic heterocycles. The first-order chi connectivity index (χ1) is 11.7. The molecular weight excluding hydrogens is 362 g/mol. The molecule has 0 aliphatic heterocycles. The van der Waals surface area contributed by atoms with Crippen molar-refractivity contribution in [1.29, 1.82) is 0 Å². The fourth-order valence-electron chi connectivity index (χ4n) is 2.81. The highest BCUT2D eigenvalue weighted by atomic mass is 79.9. The van der Waals surface area contributed by atoms with E-state index >= 15 is 0 Å². The third-order valence-electron chi connectivity index (χ3n) is 4.26. The lowest BCUT2D eigenvalue weighted by molar-refractivity contribution is 0.415. The van der Waals surface area contributed by atoms with Gasteiger partial charge >= 0.3 is 0 Å². The van der Waals surface area contributed by atoms with Crippen molar-refractivity contribution in [1.82, 2.24) is 0 Å². The summed E-state index contributed by atoms with van der Waals surface area (Å²) in [7, 11) is 1.71. The van der Waals surface area contributed by atoms with Crippen molar-refractivity contribution in [3.05, 3.63) is 58.6 Å². The summed E-state index contributed by atoms with van der Waals surface area (Å²) < 4.78 is 6.41. The average molecular weight is 390 g/mol. The molecule has 0 atom stereocenters. The maximum absolute atomic E-state index is 5.28. The van der Waals surface area contributed by atoms with Crippen LogP contribution in [0, 0.1) is 0 Å². The van der Waals surface area contributed by atoms with Crippen LogP contribution in [0.1, 0.15) is 44.6 Å². The predicted octanol–water partition coefficient (Wildman–Crippen LogP) is 6.43. The first-order valence-corrected chi connectivity index (χ1v) is 9.65. The Morgan fingerprint density at radius 3 is 2.17 bits per heavy atom. The summed E-state index contributed by atoms with van der Waals surface area (Å²) in [5.41, 5.74) is 2.59. The van der Waals surface area contributed by atoms with E-state index < -0.39 is 0 Å². The molecule has 0 N–H and O–H groups in total. The molecular formula is C21H28BrNO. The third kappa shape index (κ3) is 6.20. The summed E-state index contributed by atoms with van der Waals surface area (Å²) >= 11 is 3.51. The van der Waals surface area contributed by atoms with Crippen LogP contribution in [0.15, 0.2) is 53.0 Å². The van der Waals surface area contributed by atoms with E-state index in [1.165, 1.54) is 43.4 Å². The van der Waals surface area contributed by atoms with Gasteiger partial charge in [0.2, 0.25) is 0 Å². The molecule has 24 heavy (non-hydrogen) atoms. The molecule has 2 aromatic rings. The van der Waals surface area contributed by atoms with Crippen molar-refractivity contribution in [3.8, 4) is 5.75 Å². The summed E-state index contributed by atoms with van der Waals surface area (Å²) in [6, 6.07) is 17.0. The number of anilines is 1. The minimum absolute atomic E-state index is 0.908. The minimum atomic E-state index is 0.908. The summed E-state index contributed by atoms with van der Waals surface area (Å²) in [5, 5.41) is 0. The van der Waals surface area contributed by atoms with Gasteiger partial charge in [0.1, 0.15) is 5.75 Å². The van der Waals surface area contributed by atoms with E-state index in [0.29, 0.717) is 0 Å². The Kier molecular flexibility index (Phi) is 8.17. The van der Waals surface area contributed by atoms with Gasteiger partial charge in [-0.15, -0.1) is 0 Å². The Hall–Kier alpha value is -1.48. The van der Waals surface area contributed by atoms with E-state index in [1.54, 1.807) is 7.11 Å². The summed E-state index contributed by atoms with van der Waals surface area (Å²) in [5.74, 6) is 0.908. The fourth-order valence-corrected chi connectivity index (χ4v) is 3.07. The summed E-state index contributed by atoms with van der Waals surface area (Å²) in [4.78, 5) is 2.47. The minimum Gasteiger partial charge on any atom is -0.497 e. The Balaban J connectivity index is 2.03. The molecule has 0 fully saturated rings. The maximum Gasteiger partial charge on any atom is 0.119 e. The predicted molar refractivity (Wildman–Crippen MR) is 107 cm³/mol. The number of ether oxygens (including phenoxy) is 1. The Bertz CT molecular complexity index is 580. The molecule has 0 radical (unpaired) electrons. The van der Waals surface area contributed by atoms with Gasteiger partial charge in [0.25, 0.3) is 0 Å². The molecule has 2 nitrogen and oxygen atoms in total. The van der Waals surface area contributed by atoms with Crippen LogP contribution in [-0.2, 0) is 6.54 Å². The molecule has 3 heteroatoms. The van der Waals surface area contributed by atoms with Gasteiger partial charge in [-0.05, 0) is 48.4 Å². The Morgan fingerprint density at radius 2 is 1.54 bits per heavy atom. The molecule has 0 saturated heterocycles. The SMILES string of the molecule is CCCCCCCN(Cc1ccc(Br)cc1)c1ccc(OC)cc1. The second-order valence-electron chi connectivity index (χ2n) is 6.16. The van der Waals surface area contributed by atoms with Gasteiger partial charge in [-0.3, -0.25) is 0 Å².